The molecule has 3 N–H and O–H groups in total. The minimum atomic E-state index is -0.206. The maximum atomic E-state index is 11.9. The van der Waals surface area contributed by atoms with E-state index in [0.717, 1.165) is 16.8 Å². The average molecular weight is 247 g/mol. The number of aromatic nitrogens is 1. The Bertz CT molecular complexity index is 549. The molecule has 1 heterocycles. The van der Waals surface area contributed by atoms with Crippen LogP contribution < -0.4 is 11.1 Å². The smallest absolute Gasteiger partial charge is 0.275 e. The molecule has 17 heavy (non-hydrogen) atoms. The van der Waals surface area contributed by atoms with E-state index in [1.165, 1.54) is 11.3 Å². The Morgan fingerprint density at radius 1 is 1.41 bits per heavy atom. The monoisotopic (exact) mass is 247 g/mol. The van der Waals surface area contributed by atoms with Gasteiger partial charge in [0.2, 0.25) is 0 Å². The minimum absolute atomic E-state index is 0.206. The van der Waals surface area contributed by atoms with Crippen molar-refractivity contribution in [2.45, 2.75) is 13.8 Å². The van der Waals surface area contributed by atoms with Crippen molar-refractivity contribution in [2.24, 2.45) is 0 Å². The number of nitrogens with one attached hydrogen (secondary N) is 1. The fourth-order valence-corrected chi connectivity index (χ4v) is 2.09. The average Bonchev–Trinajstić information content (AvgIpc) is 2.83. The molecule has 88 valence electrons. The van der Waals surface area contributed by atoms with Crippen LogP contribution >= 0.6 is 11.3 Å². The summed E-state index contributed by atoms with van der Waals surface area (Å²) >= 11 is 1.39. The molecular weight excluding hydrogens is 234 g/mol. The van der Waals surface area contributed by atoms with Crippen molar-refractivity contribution in [2.75, 3.05) is 11.1 Å². The molecule has 0 radical (unpaired) electrons. The van der Waals surface area contributed by atoms with Gasteiger partial charge in [-0.05, 0) is 31.0 Å². The molecule has 1 aromatic carbocycles. The van der Waals surface area contributed by atoms with Gasteiger partial charge in [0, 0.05) is 16.8 Å². The van der Waals surface area contributed by atoms with Crippen LogP contribution in [0.2, 0.25) is 0 Å². The summed E-state index contributed by atoms with van der Waals surface area (Å²) in [6.07, 6.45) is 0. The van der Waals surface area contributed by atoms with Gasteiger partial charge in [0.25, 0.3) is 5.91 Å². The molecule has 0 unspecified atom stereocenters. The fourth-order valence-electron chi connectivity index (χ4n) is 1.56. The Labute approximate surface area is 103 Å². The van der Waals surface area contributed by atoms with Crippen LogP contribution in [0.4, 0.5) is 11.4 Å². The third-order valence-corrected chi connectivity index (χ3v) is 3.21. The number of benzene rings is 1. The van der Waals surface area contributed by atoms with Crippen molar-refractivity contribution in [1.82, 2.24) is 4.98 Å². The standard InChI is InChI=1S/C12H13N3OS/c1-7-3-4-9(13)8(2)11(7)15-12(16)10-5-17-6-14-10/h3-6H,13H2,1-2H3,(H,15,16). The molecule has 0 aliphatic heterocycles. The molecule has 0 fully saturated rings. The van der Waals surface area contributed by atoms with Crippen LogP contribution in [-0.4, -0.2) is 10.9 Å². The van der Waals surface area contributed by atoms with Gasteiger partial charge in [-0.25, -0.2) is 4.98 Å². The summed E-state index contributed by atoms with van der Waals surface area (Å²) in [7, 11) is 0. The first-order valence-corrected chi connectivity index (χ1v) is 6.09. The number of anilines is 2. The zero-order chi connectivity index (χ0) is 12.4. The molecule has 0 saturated carbocycles. The zero-order valence-corrected chi connectivity index (χ0v) is 10.5. The lowest BCUT2D eigenvalue weighted by Crippen LogP contribution is -2.14. The highest BCUT2D eigenvalue weighted by Gasteiger charge is 2.12. The lowest BCUT2D eigenvalue weighted by atomic mass is 10.1. The molecule has 1 amide bonds. The molecular formula is C12H13N3OS. The van der Waals surface area contributed by atoms with Crippen LogP contribution in [0.15, 0.2) is 23.0 Å². The van der Waals surface area contributed by atoms with Crippen LogP contribution in [0.3, 0.4) is 0 Å². The van der Waals surface area contributed by atoms with Gasteiger partial charge >= 0.3 is 0 Å². The Morgan fingerprint density at radius 3 is 2.82 bits per heavy atom. The number of rotatable bonds is 2. The van der Waals surface area contributed by atoms with Gasteiger partial charge in [0.1, 0.15) is 5.69 Å². The lowest BCUT2D eigenvalue weighted by molar-refractivity contribution is 0.102. The van der Waals surface area contributed by atoms with Gasteiger partial charge in [-0.1, -0.05) is 6.07 Å². The number of nitrogen functional groups attached to an aromatic ring is 1. The molecule has 2 rings (SSSR count). The highest BCUT2D eigenvalue weighted by atomic mass is 32.1. The summed E-state index contributed by atoms with van der Waals surface area (Å²) in [5, 5.41) is 4.56. The summed E-state index contributed by atoms with van der Waals surface area (Å²) in [6.45, 7) is 3.82. The molecule has 0 atom stereocenters. The lowest BCUT2D eigenvalue weighted by Gasteiger charge is -2.12. The minimum Gasteiger partial charge on any atom is -0.398 e. The summed E-state index contributed by atoms with van der Waals surface area (Å²) in [6, 6.07) is 3.72. The van der Waals surface area contributed by atoms with Crippen LogP contribution in [0.1, 0.15) is 21.6 Å². The summed E-state index contributed by atoms with van der Waals surface area (Å²) in [5.74, 6) is -0.206. The van der Waals surface area contributed by atoms with E-state index in [1.54, 1.807) is 10.9 Å². The van der Waals surface area contributed by atoms with Crippen LogP contribution in [-0.2, 0) is 0 Å². The maximum Gasteiger partial charge on any atom is 0.275 e. The number of nitrogens with two attached hydrogens (primary N) is 1. The highest BCUT2D eigenvalue weighted by Crippen LogP contribution is 2.25. The van der Waals surface area contributed by atoms with Crippen molar-refractivity contribution < 1.29 is 4.79 Å². The second kappa shape index (κ2) is 4.55. The number of carbonyl (C=O) groups excluding carboxylic acids is 1. The first-order valence-electron chi connectivity index (χ1n) is 5.15. The number of aryl methyl sites for hydroxylation is 1. The number of thiazole rings is 1. The quantitative estimate of drug-likeness (QED) is 0.801. The Hall–Kier alpha value is -1.88. The third-order valence-electron chi connectivity index (χ3n) is 2.62. The number of hydrogen-bond acceptors (Lipinski definition) is 4. The van der Waals surface area contributed by atoms with Crippen LogP contribution in [0.5, 0.6) is 0 Å². The second-order valence-corrected chi connectivity index (χ2v) is 4.52. The van der Waals surface area contributed by atoms with Gasteiger partial charge < -0.3 is 11.1 Å². The third kappa shape index (κ3) is 2.29. The maximum absolute atomic E-state index is 11.9. The molecule has 4 nitrogen and oxygen atoms in total. The topological polar surface area (TPSA) is 68.0 Å². The number of carbonyl (C=O) groups is 1. The molecule has 0 aliphatic carbocycles. The molecule has 0 saturated heterocycles. The molecule has 5 heteroatoms. The van der Waals surface area contributed by atoms with E-state index in [2.05, 4.69) is 10.3 Å². The molecule has 0 bridgehead atoms. The normalized spacial score (nSPS) is 10.2. The number of nitrogens with zero attached hydrogens (tertiary/aromatic N) is 1. The van der Waals surface area contributed by atoms with Crippen molar-refractivity contribution in [1.29, 1.82) is 0 Å². The van der Waals surface area contributed by atoms with E-state index in [-0.39, 0.29) is 5.91 Å². The second-order valence-electron chi connectivity index (χ2n) is 3.80. The van der Waals surface area contributed by atoms with E-state index in [0.29, 0.717) is 11.4 Å². The molecule has 0 spiro atoms. The van der Waals surface area contributed by atoms with Crippen molar-refractivity contribution in [3.05, 3.63) is 39.8 Å². The van der Waals surface area contributed by atoms with Crippen molar-refractivity contribution >= 4 is 28.6 Å². The van der Waals surface area contributed by atoms with Gasteiger partial charge in [-0.3, -0.25) is 4.79 Å². The summed E-state index contributed by atoms with van der Waals surface area (Å²) in [5.41, 5.74) is 11.2. The van der Waals surface area contributed by atoms with Gasteiger partial charge in [-0.15, -0.1) is 11.3 Å². The van der Waals surface area contributed by atoms with Crippen LogP contribution in [0, 0.1) is 13.8 Å². The highest BCUT2D eigenvalue weighted by molar-refractivity contribution is 7.07. The van der Waals surface area contributed by atoms with E-state index < -0.39 is 0 Å². The molecule has 0 aliphatic rings. The first-order chi connectivity index (χ1) is 8.09. The van der Waals surface area contributed by atoms with Gasteiger partial charge in [-0.2, -0.15) is 0 Å². The number of hydrogen-bond donors (Lipinski definition) is 2. The molecule has 2 aromatic rings. The van der Waals surface area contributed by atoms with Gasteiger partial charge in [0.15, 0.2) is 0 Å². The van der Waals surface area contributed by atoms with Gasteiger partial charge in [0.05, 0.1) is 5.51 Å². The zero-order valence-electron chi connectivity index (χ0n) is 9.65. The van der Waals surface area contributed by atoms with E-state index >= 15 is 0 Å². The molecule has 1 aromatic heterocycles. The van der Waals surface area contributed by atoms with E-state index in [1.807, 2.05) is 26.0 Å². The first kappa shape index (κ1) is 11.6. The predicted octanol–water partition coefficient (Wildman–Crippen LogP) is 2.59. The summed E-state index contributed by atoms with van der Waals surface area (Å²) < 4.78 is 0. The Kier molecular flexibility index (Phi) is 3.10. The fraction of sp³-hybridized carbons (Fsp3) is 0.167. The van der Waals surface area contributed by atoms with Crippen LogP contribution in [0.25, 0.3) is 0 Å². The summed E-state index contributed by atoms with van der Waals surface area (Å²) in [4.78, 5) is 15.9. The van der Waals surface area contributed by atoms with E-state index in [9.17, 15) is 4.79 Å². The number of amides is 1. The van der Waals surface area contributed by atoms with Crippen molar-refractivity contribution in [3.63, 3.8) is 0 Å². The Balaban J connectivity index is 2.31. The SMILES string of the molecule is Cc1ccc(N)c(C)c1NC(=O)c1cscn1. The Morgan fingerprint density at radius 2 is 2.18 bits per heavy atom. The van der Waals surface area contributed by atoms with Crippen molar-refractivity contribution in [3.8, 4) is 0 Å². The largest absolute Gasteiger partial charge is 0.398 e. The predicted molar refractivity (Wildman–Crippen MR) is 70.4 cm³/mol. The van der Waals surface area contributed by atoms with E-state index in [4.69, 9.17) is 5.73 Å².